The zero-order valence-electron chi connectivity index (χ0n) is 12.6. The van der Waals surface area contributed by atoms with Crippen LogP contribution in [0.2, 0.25) is 0 Å². The Morgan fingerprint density at radius 1 is 1.25 bits per heavy atom. The van der Waals surface area contributed by atoms with Crippen LogP contribution >= 0.6 is 0 Å². The fourth-order valence-corrected chi connectivity index (χ4v) is 2.75. The maximum Gasteiger partial charge on any atom is 0.173 e. The Morgan fingerprint density at radius 3 is 2.50 bits per heavy atom. The molecule has 0 saturated carbocycles. The third-order valence-electron chi connectivity index (χ3n) is 3.77. The van der Waals surface area contributed by atoms with Crippen LogP contribution in [-0.2, 0) is 4.79 Å². The van der Waals surface area contributed by atoms with Gasteiger partial charge in [-0.3, -0.25) is 4.79 Å². The summed E-state index contributed by atoms with van der Waals surface area (Å²) < 4.78 is 6.08. The summed E-state index contributed by atoms with van der Waals surface area (Å²) in [6.07, 6.45) is 0.795. The highest BCUT2D eigenvalue weighted by Crippen LogP contribution is 2.40. The second-order valence-electron chi connectivity index (χ2n) is 6.61. The Bertz CT molecular complexity index is 525. The monoisotopic (exact) mass is 274 g/mol. The van der Waals surface area contributed by atoms with E-state index in [0.717, 1.165) is 0 Å². The summed E-state index contributed by atoms with van der Waals surface area (Å²) >= 11 is 0. The van der Waals surface area contributed by atoms with Crippen molar-refractivity contribution in [2.24, 2.45) is 11.3 Å². The van der Waals surface area contributed by atoms with Gasteiger partial charge in [0.25, 0.3) is 0 Å². The number of ketones is 2. The van der Waals surface area contributed by atoms with Crippen LogP contribution in [-0.4, -0.2) is 17.7 Å². The second kappa shape index (κ2) is 5.39. The summed E-state index contributed by atoms with van der Waals surface area (Å²) in [6, 6.07) is 7.37. The summed E-state index contributed by atoms with van der Waals surface area (Å²) in [5, 5.41) is 0. The Balaban J connectivity index is 2.35. The van der Waals surface area contributed by atoms with E-state index in [-0.39, 0.29) is 29.0 Å². The Morgan fingerprint density at radius 2 is 1.90 bits per heavy atom. The minimum absolute atomic E-state index is 0.105. The molecule has 20 heavy (non-hydrogen) atoms. The molecule has 2 atom stereocenters. The van der Waals surface area contributed by atoms with Crippen molar-refractivity contribution in [2.75, 3.05) is 0 Å². The summed E-state index contributed by atoms with van der Waals surface area (Å²) in [6.45, 7) is 7.77. The molecule has 0 spiro atoms. The average Bonchev–Trinajstić information content (AvgIpc) is 2.36. The molecule has 3 heteroatoms. The van der Waals surface area contributed by atoms with Gasteiger partial charge in [0.05, 0.1) is 11.5 Å². The minimum atomic E-state index is -0.242. The van der Waals surface area contributed by atoms with Crippen molar-refractivity contribution in [1.29, 1.82) is 0 Å². The quantitative estimate of drug-likeness (QED) is 0.844. The highest BCUT2D eigenvalue weighted by Gasteiger charge is 2.42. The Labute approximate surface area is 120 Å². The van der Waals surface area contributed by atoms with Crippen molar-refractivity contribution in [2.45, 2.75) is 46.6 Å². The van der Waals surface area contributed by atoms with E-state index in [2.05, 4.69) is 20.8 Å². The number of fused-ring (bicyclic) bond motifs is 1. The molecule has 108 valence electrons. The first-order chi connectivity index (χ1) is 9.30. The SMILES string of the molecule is CC(=O)CCC1C(=O)c2ccccc2OC1C(C)(C)C. The number of hydrogen-bond acceptors (Lipinski definition) is 3. The van der Waals surface area contributed by atoms with E-state index >= 15 is 0 Å². The molecule has 3 nitrogen and oxygen atoms in total. The lowest BCUT2D eigenvalue weighted by atomic mass is 9.74. The summed E-state index contributed by atoms with van der Waals surface area (Å²) in [5.74, 6) is 0.641. The van der Waals surface area contributed by atoms with Crippen molar-refractivity contribution in [1.82, 2.24) is 0 Å². The summed E-state index contributed by atoms with van der Waals surface area (Å²) in [7, 11) is 0. The largest absolute Gasteiger partial charge is 0.488 e. The van der Waals surface area contributed by atoms with E-state index in [4.69, 9.17) is 4.74 Å². The highest BCUT2D eigenvalue weighted by molar-refractivity contribution is 6.01. The highest BCUT2D eigenvalue weighted by atomic mass is 16.5. The molecule has 0 bridgehead atoms. The predicted molar refractivity (Wildman–Crippen MR) is 78.0 cm³/mol. The topological polar surface area (TPSA) is 43.4 Å². The van der Waals surface area contributed by atoms with Gasteiger partial charge in [-0.05, 0) is 30.9 Å². The molecule has 0 aromatic heterocycles. The molecule has 2 rings (SSSR count). The van der Waals surface area contributed by atoms with Crippen LogP contribution in [0.15, 0.2) is 24.3 Å². The van der Waals surface area contributed by atoms with E-state index in [0.29, 0.717) is 24.2 Å². The molecule has 0 N–H and O–H groups in total. The van der Waals surface area contributed by atoms with Crippen molar-refractivity contribution in [3.05, 3.63) is 29.8 Å². The van der Waals surface area contributed by atoms with E-state index in [9.17, 15) is 9.59 Å². The van der Waals surface area contributed by atoms with E-state index in [1.54, 1.807) is 13.0 Å². The molecule has 2 unspecified atom stereocenters. The molecule has 1 aliphatic heterocycles. The van der Waals surface area contributed by atoms with Crippen molar-refractivity contribution in [3.63, 3.8) is 0 Å². The molecule has 0 radical (unpaired) electrons. The van der Waals surface area contributed by atoms with Crippen molar-refractivity contribution in [3.8, 4) is 5.75 Å². The maximum absolute atomic E-state index is 12.7. The zero-order valence-corrected chi connectivity index (χ0v) is 12.6. The standard InChI is InChI=1S/C17H22O3/c1-11(18)9-10-13-15(19)12-7-5-6-8-14(12)20-16(13)17(2,3)4/h5-8,13,16H,9-10H2,1-4H3. The average molecular weight is 274 g/mol. The van der Waals surface area contributed by atoms with Crippen LogP contribution in [0.3, 0.4) is 0 Å². The van der Waals surface area contributed by atoms with Gasteiger partial charge in [-0.25, -0.2) is 0 Å². The molecular weight excluding hydrogens is 252 g/mol. The van der Waals surface area contributed by atoms with Gasteiger partial charge in [0.2, 0.25) is 0 Å². The molecule has 1 aromatic rings. The van der Waals surface area contributed by atoms with Crippen LogP contribution in [0.5, 0.6) is 5.75 Å². The summed E-state index contributed by atoms with van der Waals surface area (Å²) in [5.41, 5.74) is 0.492. The number of ether oxygens (including phenoxy) is 1. The van der Waals surface area contributed by atoms with Gasteiger partial charge < -0.3 is 9.53 Å². The lowest BCUT2D eigenvalue weighted by Gasteiger charge is -2.40. The number of rotatable bonds is 3. The molecule has 1 aromatic carbocycles. The Hall–Kier alpha value is -1.64. The van der Waals surface area contributed by atoms with E-state index < -0.39 is 0 Å². The van der Waals surface area contributed by atoms with Gasteiger partial charge in [-0.15, -0.1) is 0 Å². The lowest BCUT2D eigenvalue weighted by molar-refractivity contribution is -0.117. The van der Waals surface area contributed by atoms with E-state index in [1.807, 2.05) is 18.2 Å². The number of para-hydroxylation sites is 1. The first kappa shape index (κ1) is 14.8. The predicted octanol–water partition coefficient (Wildman–Crippen LogP) is 3.66. The molecular formula is C17H22O3. The second-order valence-corrected chi connectivity index (χ2v) is 6.61. The van der Waals surface area contributed by atoms with Crippen LogP contribution < -0.4 is 4.74 Å². The molecule has 0 fully saturated rings. The number of carbonyl (C=O) groups is 2. The first-order valence-electron chi connectivity index (χ1n) is 7.10. The van der Waals surface area contributed by atoms with E-state index in [1.165, 1.54) is 0 Å². The van der Waals surface area contributed by atoms with Crippen molar-refractivity contribution < 1.29 is 14.3 Å². The third kappa shape index (κ3) is 2.92. The van der Waals surface area contributed by atoms with Gasteiger partial charge in [-0.2, -0.15) is 0 Å². The maximum atomic E-state index is 12.7. The molecule has 0 amide bonds. The van der Waals surface area contributed by atoms with Gasteiger partial charge in [0.15, 0.2) is 5.78 Å². The summed E-state index contributed by atoms with van der Waals surface area (Å²) in [4.78, 5) is 23.9. The van der Waals surface area contributed by atoms with Gasteiger partial charge in [-0.1, -0.05) is 32.9 Å². The molecule has 1 heterocycles. The smallest absolute Gasteiger partial charge is 0.173 e. The number of carbonyl (C=O) groups excluding carboxylic acids is 2. The van der Waals surface area contributed by atoms with Crippen LogP contribution in [0.4, 0.5) is 0 Å². The lowest BCUT2D eigenvalue weighted by Crippen LogP contribution is -2.46. The zero-order chi connectivity index (χ0) is 14.9. The van der Waals surface area contributed by atoms with Crippen molar-refractivity contribution >= 4 is 11.6 Å². The third-order valence-corrected chi connectivity index (χ3v) is 3.77. The minimum Gasteiger partial charge on any atom is -0.488 e. The fraction of sp³-hybridized carbons (Fsp3) is 0.529. The Kier molecular flexibility index (Phi) is 3.98. The van der Waals surface area contributed by atoms with Gasteiger partial charge in [0, 0.05) is 6.42 Å². The number of Topliss-reactive ketones (excluding diaryl/α,β-unsaturated/α-hetero) is 2. The van der Waals surface area contributed by atoms with Gasteiger partial charge in [0.1, 0.15) is 17.6 Å². The number of hydrogen-bond donors (Lipinski definition) is 0. The van der Waals surface area contributed by atoms with Crippen LogP contribution in [0, 0.1) is 11.3 Å². The normalized spacial score (nSPS) is 22.1. The number of benzene rings is 1. The molecule has 0 saturated heterocycles. The molecule has 0 aliphatic carbocycles. The first-order valence-corrected chi connectivity index (χ1v) is 7.10. The van der Waals surface area contributed by atoms with Crippen LogP contribution in [0.25, 0.3) is 0 Å². The van der Waals surface area contributed by atoms with Gasteiger partial charge >= 0.3 is 0 Å². The van der Waals surface area contributed by atoms with Crippen LogP contribution in [0.1, 0.15) is 50.9 Å². The molecule has 1 aliphatic rings. The fourth-order valence-electron chi connectivity index (χ4n) is 2.75.